The Morgan fingerprint density at radius 2 is 2.00 bits per heavy atom. The van der Waals surface area contributed by atoms with E-state index in [0.717, 1.165) is 38.9 Å². The van der Waals surface area contributed by atoms with Crippen LogP contribution in [0.1, 0.15) is 38.2 Å². The third kappa shape index (κ3) is 6.59. The summed E-state index contributed by atoms with van der Waals surface area (Å²) in [4.78, 5) is 14.3. The summed E-state index contributed by atoms with van der Waals surface area (Å²) < 4.78 is 0. The van der Waals surface area contributed by atoms with Crippen LogP contribution in [0, 0.1) is 0 Å². The summed E-state index contributed by atoms with van der Waals surface area (Å²) in [7, 11) is 0. The standard InChI is InChI=1S/C18H29N3O2/c1-2-17(22)8-11-19-18(23)20-16-9-12-21(13-10-16)14-15-6-4-3-5-7-15/h3-7,16-17,22H,2,8-14H2,1H3,(H2,19,20,23). The van der Waals surface area contributed by atoms with Crippen molar-refractivity contribution in [2.24, 2.45) is 0 Å². The Morgan fingerprint density at radius 1 is 1.30 bits per heavy atom. The minimum absolute atomic E-state index is 0.116. The second-order valence-electron chi connectivity index (χ2n) is 6.29. The molecule has 1 aliphatic rings. The predicted octanol–water partition coefficient (Wildman–Crippen LogP) is 2.11. The molecular weight excluding hydrogens is 290 g/mol. The lowest BCUT2D eigenvalue weighted by Gasteiger charge is -2.32. The minimum atomic E-state index is -0.323. The molecule has 0 radical (unpaired) electrons. The summed E-state index contributed by atoms with van der Waals surface area (Å²) in [5, 5.41) is 15.3. The first-order valence-corrected chi connectivity index (χ1v) is 8.66. The summed E-state index contributed by atoms with van der Waals surface area (Å²) in [5.74, 6) is 0. The number of hydrogen-bond donors (Lipinski definition) is 3. The van der Waals surface area contributed by atoms with E-state index >= 15 is 0 Å². The number of benzene rings is 1. The van der Waals surface area contributed by atoms with Gasteiger partial charge in [-0.05, 0) is 31.2 Å². The Labute approximate surface area is 139 Å². The normalized spacial score (nSPS) is 17.7. The maximum Gasteiger partial charge on any atom is 0.315 e. The highest BCUT2D eigenvalue weighted by Gasteiger charge is 2.20. The first-order valence-electron chi connectivity index (χ1n) is 8.66. The van der Waals surface area contributed by atoms with E-state index in [1.54, 1.807) is 0 Å². The summed E-state index contributed by atoms with van der Waals surface area (Å²) in [6.07, 6.45) is 2.98. The zero-order valence-electron chi connectivity index (χ0n) is 14.0. The molecule has 2 amide bonds. The van der Waals surface area contributed by atoms with Crippen molar-refractivity contribution in [1.82, 2.24) is 15.5 Å². The van der Waals surface area contributed by atoms with Gasteiger partial charge in [-0.3, -0.25) is 4.90 Å². The molecule has 0 bridgehead atoms. The number of urea groups is 1. The Balaban J connectivity index is 1.61. The van der Waals surface area contributed by atoms with Crippen LogP contribution in [0.5, 0.6) is 0 Å². The topological polar surface area (TPSA) is 64.6 Å². The number of hydrogen-bond acceptors (Lipinski definition) is 3. The zero-order chi connectivity index (χ0) is 16.5. The fourth-order valence-electron chi connectivity index (χ4n) is 2.87. The molecule has 23 heavy (non-hydrogen) atoms. The second-order valence-corrected chi connectivity index (χ2v) is 6.29. The van der Waals surface area contributed by atoms with Gasteiger partial charge in [-0.1, -0.05) is 37.3 Å². The maximum absolute atomic E-state index is 11.8. The maximum atomic E-state index is 11.8. The van der Waals surface area contributed by atoms with E-state index in [0.29, 0.717) is 13.0 Å². The van der Waals surface area contributed by atoms with E-state index in [1.165, 1.54) is 5.56 Å². The molecule has 5 nitrogen and oxygen atoms in total. The molecule has 1 saturated heterocycles. The lowest BCUT2D eigenvalue weighted by Crippen LogP contribution is -2.48. The van der Waals surface area contributed by atoms with E-state index < -0.39 is 0 Å². The number of aliphatic hydroxyl groups is 1. The largest absolute Gasteiger partial charge is 0.393 e. The number of amides is 2. The summed E-state index contributed by atoms with van der Waals surface area (Å²) in [6, 6.07) is 10.6. The molecule has 1 heterocycles. The molecule has 1 fully saturated rings. The molecule has 1 atom stereocenters. The van der Waals surface area contributed by atoms with E-state index in [4.69, 9.17) is 0 Å². The van der Waals surface area contributed by atoms with Gasteiger partial charge >= 0.3 is 6.03 Å². The van der Waals surface area contributed by atoms with E-state index in [-0.39, 0.29) is 18.2 Å². The molecule has 0 spiro atoms. The van der Waals surface area contributed by atoms with Gasteiger partial charge in [0.1, 0.15) is 0 Å². The minimum Gasteiger partial charge on any atom is -0.393 e. The molecule has 1 aromatic rings. The molecule has 0 aromatic heterocycles. The average Bonchev–Trinajstić information content (AvgIpc) is 2.57. The van der Waals surface area contributed by atoms with E-state index in [9.17, 15) is 9.90 Å². The van der Waals surface area contributed by atoms with Gasteiger partial charge in [0.25, 0.3) is 0 Å². The molecule has 0 saturated carbocycles. The van der Waals surface area contributed by atoms with Crippen LogP contribution in [-0.4, -0.2) is 47.8 Å². The Kier molecular flexibility index (Phi) is 7.36. The first kappa shape index (κ1) is 17.8. The summed E-state index contributed by atoms with van der Waals surface area (Å²) in [6.45, 7) is 5.46. The van der Waals surface area contributed by atoms with Crippen molar-refractivity contribution in [3.63, 3.8) is 0 Å². The van der Waals surface area contributed by atoms with E-state index in [2.05, 4.69) is 39.8 Å². The zero-order valence-corrected chi connectivity index (χ0v) is 14.0. The fraction of sp³-hybridized carbons (Fsp3) is 0.611. The van der Waals surface area contributed by atoms with Crippen LogP contribution in [0.25, 0.3) is 0 Å². The van der Waals surface area contributed by atoms with Gasteiger partial charge in [0.05, 0.1) is 6.10 Å². The van der Waals surface area contributed by atoms with Crippen LogP contribution >= 0.6 is 0 Å². The van der Waals surface area contributed by atoms with Crippen molar-refractivity contribution in [2.45, 2.75) is 51.3 Å². The lowest BCUT2D eigenvalue weighted by atomic mass is 10.0. The fourth-order valence-corrected chi connectivity index (χ4v) is 2.87. The van der Waals surface area contributed by atoms with Crippen molar-refractivity contribution in [3.8, 4) is 0 Å². The number of piperidine rings is 1. The monoisotopic (exact) mass is 319 g/mol. The molecule has 5 heteroatoms. The predicted molar refractivity (Wildman–Crippen MR) is 92.2 cm³/mol. The number of carbonyl (C=O) groups excluding carboxylic acids is 1. The van der Waals surface area contributed by atoms with Crippen molar-refractivity contribution in [2.75, 3.05) is 19.6 Å². The average molecular weight is 319 g/mol. The van der Waals surface area contributed by atoms with Gasteiger partial charge in [0.15, 0.2) is 0 Å². The number of rotatable bonds is 7. The van der Waals surface area contributed by atoms with Crippen LogP contribution in [0.3, 0.4) is 0 Å². The Morgan fingerprint density at radius 3 is 2.65 bits per heavy atom. The van der Waals surface area contributed by atoms with Crippen molar-refractivity contribution < 1.29 is 9.90 Å². The number of nitrogens with zero attached hydrogens (tertiary/aromatic N) is 1. The van der Waals surface area contributed by atoms with Gasteiger partial charge in [0, 0.05) is 32.2 Å². The van der Waals surface area contributed by atoms with E-state index in [1.807, 2.05) is 13.0 Å². The molecule has 0 aliphatic carbocycles. The SMILES string of the molecule is CCC(O)CCNC(=O)NC1CCN(Cc2ccccc2)CC1. The highest BCUT2D eigenvalue weighted by molar-refractivity contribution is 5.74. The quantitative estimate of drug-likeness (QED) is 0.721. The second kappa shape index (κ2) is 9.53. The van der Waals surface area contributed by atoms with Crippen LogP contribution in [0.4, 0.5) is 4.79 Å². The number of likely N-dealkylation sites (tertiary alicyclic amines) is 1. The Bertz CT molecular complexity index is 459. The van der Waals surface area contributed by atoms with Gasteiger partial charge in [-0.15, -0.1) is 0 Å². The van der Waals surface area contributed by atoms with Gasteiger partial charge in [0.2, 0.25) is 0 Å². The highest BCUT2D eigenvalue weighted by Crippen LogP contribution is 2.13. The molecule has 1 aromatic carbocycles. The van der Waals surface area contributed by atoms with Crippen LogP contribution < -0.4 is 10.6 Å². The molecule has 1 aliphatic heterocycles. The van der Waals surface area contributed by atoms with Gasteiger partial charge in [-0.2, -0.15) is 0 Å². The lowest BCUT2D eigenvalue weighted by molar-refractivity contribution is 0.159. The van der Waals surface area contributed by atoms with Crippen molar-refractivity contribution >= 4 is 6.03 Å². The number of carbonyl (C=O) groups is 1. The van der Waals surface area contributed by atoms with Crippen LogP contribution in [0.15, 0.2) is 30.3 Å². The van der Waals surface area contributed by atoms with Crippen LogP contribution in [-0.2, 0) is 6.54 Å². The van der Waals surface area contributed by atoms with Gasteiger partial charge in [-0.25, -0.2) is 4.79 Å². The molecular formula is C18H29N3O2. The number of aliphatic hydroxyl groups excluding tert-OH is 1. The Hall–Kier alpha value is -1.59. The molecule has 1 unspecified atom stereocenters. The number of nitrogens with one attached hydrogen (secondary N) is 2. The summed E-state index contributed by atoms with van der Waals surface area (Å²) in [5.41, 5.74) is 1.34. The highest BCUT2D eigenvalue weighted by atomic mass is 16.3. The third-order valence-corrected chi connectivity index (χ3v) is 4.41. The van der Waals surface area contributed by atoms with Crippen LogP contribution in [0.2, 0.25) is 0 Å². The molecule has 3 N–H and O–H groups in total. The molecule has 128 valence electrons. The smallest absolute Gasteiger partial charge is 0.315 e. The first-order chi connectivity index (χ1) is 11.2. The molecule has 2 rings (SSSR count). The van der Waals surface area contributed by atoms with Crippen molar-refractivity contribution in [3.05, 3.63) is 35.9 Å². The van der Waals surface area contributed by atoms with Gasteiger partial charge < -0.3 is 15.7 Å². The van der Waals surface area contributed by atoms with Crippen molar-refractivity contribution in [1.29, 1.82) is 0 Å². The summed E-state index contributed by atoms with van der Waals surface area (Å²) >= 11 is 0. The third-order valence-electron chi connectivity index (χ3n) is 4.41.